The van der Waals surface area contributed by atoms with Crippen LogP contribution in [0.25, 0.3) is 0 Å². The van der Waals surface area contributed by atoms with E-state index < -0.39 is 17.4 Å². The van der Waals surface area contributed by atoms with Gasteiger partial charge in [-0.2, -0.15) is 0 Å². The molecule has 0 aliphatic rings. The highest BCUT2D eigenvalue weighted by atomic mass is 28.4. The molecule has 0 N–H and O–H groups in total. The van der Waals surface area contributed by atoms with E-state index in [0.717, 1.165) is 23.6 Å². The quantitative estimate of drug-likeness (QED) is 0.689. The molecule has 21 heavy (non-hydrogen) atoms. The van der Waals surface area contributed by atoms with Gasteiger partial charge in [0.2, 0.25) is 17.4 Å². The van der Waals surface area contributed by atoms with E-state index in [4.69, 9.17) is 8.85 Å². The van der Waals surface area contributed by atoms with Crippen molar-refractivity contribution in [3.8, 4) is 11.5 Å². The van der Waals surface area contributed by atoms with Gasteiger partial charge in [0.1, 0.15) is 11.5 Å². The van der Waals surface area contributed by atoms with Crippen LogP contribution in [0, 0.1) is 0 Å². The van der Waals surface area contributed by atoms with E-state index in [-0.39, 0.29) is 0 Å². The minimum Gasteiger partial charge on any atom is -0.547 e. The summed E-state index contributed by atoms with van der Waals surface area (Å²) < 4.78 is 12.3. The van der Waals surface area contributed by atoms with Crippen molar-refractivity contribution in [2.24, 2.45) is 0 Å². The van der Waals surface area contributed by atoms with Crippen molar-refractivity contribution in [2.45, 2.75) is 31.7 Å². The number of para-hydroxylation sites is 2. The average molecular weight is 317 g/mol. The Hall–Kier alpha value is -1.53. The molecule has 0 saturated heterocycles. The van der Waals surface area contributed by atoms with Crippen LogP contribution in [0.4, 0.5) is 0 Å². The Morgan fingerprint density at radius 3 is 1.95 bits per heavy atom. The Morgan fingerprint density at radius 1 is 0.857 bits per heavy atom. The average Bonchev–Trinajstić information content (AvgIpc) is 2.47. The van der Waals surface area contributed by atoms with Crippen LogP contribution in [0.1, 0.15) is 0 Å². The molecule has 0 bridgehead atoms. The maximum atomic E-state index is 6.21. The van der Waals surface area contributed by atoms with E-state index in [2.05, 4.69) is 19.6 Å². The van der Waals surface area contributed by atoms with Gasteiger partial charge in [0.05, 0.1) is 0 Å². The molecule has 0 radical (unpaired) electrons. The molecule has 2 aromatic carbocycles. The van der Waals surface area contributed by atoms with Gasteiger partial charge >= 0.3 is 0 Å². The van der Waals surface area contributed by atoms with Gasteiger partial charge in [-0.05, 0) is 56.0 Å². The fraction of sp³-hybridized carbons (Fsp3) is 0.294. The summed E-state index contributed by atoms with van der Waals surface area (Å²) in [5.74, 6) is 1.99. The van der Waals surface area contributed by atoms with Gasteiger partial charge in [-0.1, -0.05) is 36.4 Å². The maximum Gasteiger partial charge on any atom is 0.245 e. The summed E-state index contributed by atoms with van der Waals surface area (Å²) in [7, 11) is -2.85. The lowest BCUT2D eigenvalue weighted by Gasteiger charge is -2.25. The lowest BCUT2D eigenvalue weighted by molar-refractivity contribution is 0.542. The summed E-state index contributed by atoms with van der Waals surface area (Å²) in [6.07, 6.45) is 0. The van der Waals surface area contributed by atoms with Gasteiger partial charge in [-0.3, -0.25) is 0 Å². The summed E-state index contributed by atoms with van der Waals surface area (Å²) in [6.45, 7) is 6.83. The van der Waals surface area contributed by atoms with E-state index in [1.807, 2.05) is 60.7 Å². The van der Waals surface area contributed by atoms with Crippen LogP contribution in [0.3, 0.4) is 0 Å². The van der Waals surface area contributed by atoms with E-state index in [9.17, 15) is 0 Å². The van der Waals surface area contributed by atoms with Crippen LogP contribution >= 0.6 is 0 Å². The fourth-order valence-corrected chi connectivity index (χ4v) is 8.22. The lowest BCUT2D eigenvalue weighted by Crippen LogP contribution is -2.35. The number of hydrogen-bond acceptors (Lipinski definition) is 2. The monoisotopic (exact) mass is 316 g/mol. The first kappa shape index (κ1) is 15.9. The van der Waals surface area contributed by atoms with E-state index in [0.29, 0.717) is 0 Å². The predicted octanol–water partition coefficient (Wildman–Crippen LogP) is 4.70. The molecule has 1 atom stereocenters. The summed E-state index contributed by atoms with van der Waals surface area (Å²) in [4.78, 5) is 0. The van der Waals surface area contributed by atoms with Crippen LogP contribution in [0.15, 0.2) is 60.7 Å². The first-order chi connectivity index (χ1) is 10.1. The standard InChI is InChI=1S/C17H24O2Si2/c1-20(18-16-10-6-4-7-11-16)14-15-21(2,3)19-17-12-8-5-9-13-17/h4-13,20H,14-15H2,1-3H3. The molecular formula is C17H24O2Si2. The second kappa shape index (κ2) is 7.47. The Bertz CT molecular complexity index is 529. The van der Waals surface area contributed by atoms with Gasteiger partial charge in [0, 0.05) is 0 Å². The molecule has 0 saturated carbocycles. The molecule has 0 aromatic heterocycles. The Kier molecular flexibility index (Phi) is 5.64. The normalized spacial score (nSPS) is 12.7. The third kappa shape index (κ3) is 5.77. The smallest absolute Gasteiger partial charge is 0.245 e. The largest absolute Gasteiger partial charge is 0.547 e. The zero-order valence-electron chi connectivity index (χ0n) is 13.1. The lowest BCUT2D eigenvalue weighted by atomic mass is 10.3. The Labute approximate surface area is 130 Å². The summed E-state index contributed by atoms with van der Waals surface area (Å²) in [5, 5.41) is 0. The molecule has 2 nitrogen and oxygen atoms in total. The number of benzene rings is 2. The van der Waals surface area contributed by atoms with Crippen LogP contribution in [-0.4, -0.2) is 17.4 Å². The van der Waals surface area contributed by atoms with Crippen LogP contribution in [-0.2, 0) is 0 Å². The van der Waals surface area contributed by atoms with Crippen molar-refractivity contribution in [3.63, 3.8) is 0 Å². The molecule has 4 heteroatoms. The molecular weight excluding hydrogens is 292 g/mol. The molecule has 0 aliphatic carbocycles. The highest BCUT2D eigenvalue weighted by Gasteiger charge is 2.26. The van der Waals surface area contributed by atoms with E-state index in [1.165, 1.54) is 0 Å². The number of rotatable bonds is 7. The van der Waals surface area contributed by atoms with Gasteiger partial charge in [0.25, 0.3) is 0 Å². The third-order valence-corrected chi connectivity index (χ3v) is 8.01. The minimum absolute atomic E-state index is 0.993. The van der Waals surface area contributed by atoms with Gasteiger partial charge in [0.15, 0.2) is 0 Å². The first-order valence-electron chi connectivity index (χ1n) is 7.51. The van der Waals surface area contributed by atoms with E-state index >= 15 is 0 Å². The van der Waals surface area contributed by atoms with Crippen molar-refractivity contribution < 1.29 is 8.85 Å². The summed E-state index contributed by atoms with van der Waals surface area (Å²) >= 11 is 0. The van der Waals surface area contributed by atoms with Crippen LogP contribution in [0.5, 0.6) is 11.5 Å². The summed E-state index contributed by atoms with van der Waals surface area (Å²) in [6, 6.07) is 22.6. The summed E-state index contributed by atoms with van der Waals surface area (Å²) in [5.41, 5.74) is 0. The van der Waals surface area contributed by atoms with Crippen molar-refractivity contribution in [1.29, 1.82) is 0 Å². The van der Waals surface area contributed by atoms with Crippen LogP contribution < -0.4 is 8.85 Å². The minimum atomic E-state index is -1.67. The molecule has 0 amide bonds. The van der Waals surface area contributed by atoms with Crippen molar-refractivity contribution in [1.82, 2.24) is 0 Å². The van der Waals surface area contributed by atoms with Crippen molar-refractivity contribution in [3.05, 3.63) is 60.7 Å². The number of hydrogen-bond donors (Lipinski definition) is 0. The fourth-order valence-electron chi connectivity index (χ4n) is 2.20. The van der Waals surface area contributed by atoms with E-state index in [1.54, 1.807) is 0 Å². The zero-order valence-corrected chi connectivity index (χ0v) is 15.2. The second-order valence-corrected chi connectivity index (χ2v) is 12.6. The van der Waals surface area contributed by atoms with Crippen LogP contribution in [0.2, 0.25) is 31.7 Å². The zero-order chi connectivity index (χ0) is 15.1. The maximum absolute atomic E-state index is 6.21. The molecule has 2 rings (SSSR count). The SMILES string of the molecule is C[SiH](CC[Si](C)(C)Oc1ccccc1)Oc1ccccc1. The van der Waals surface area contributed by atoms with Gasteiger partial charge in [-0.15, -0.1) is 0 Å². The predicted molar refractivity (Wildman–Crippen MR) is 94.2 cm³/mol. The molecule has 1 unspecified atom stereocenters. The highest BCUT2D eigenvalue weighted by Crippen LogP contribution is 2.21. The molecule has 112 valence electrons. The third-order valence-electron chi connectivity index (χ3n) is 3.37. The Balaban J connectivity index is 1.81. The van der Waals surface area contributed by atoms with Gasteiger partial charge < -0.3 is 8.85 Å². The van der Waals surface area contributed by atoms with Gasteiger partial charge in [-0.25, -0.2) is 0 Å². The molecule has 0 spiro atoms. The molecule has 0 fully saturated rings. The first-order valence-corrected chi connectivity index (χ1v) is 13.1. The van der Waals surface area contributed by atoms with Crippen molar-refractivity contribution >= 4 is 17.4 Å². The molecule has 0 aliphatic heterocycles. The highest BCUT2D eigenvalue weighted by molar-refractivity contribution is 6.73. The second-order valence-electron chi connectivity index (χ2n) is 5.96. The Morgan fingerprint density at radius 2 is 1.38 bits per heavy atom. The molecule has 2 aromatic rings. The topological polar surface area (TPSA) is 18.5 Å². The van der Waals surface area contributed by atoms with Crippen molar-refractivity contribution in [2.75, 3.05) is 0 Å². The molecule has 0 heterocycles.